The van der Waals surface area contributed by atoms with Gasteiger partial charge in [-0.15, -0.1) is 0 Å². The fourth-order valence-electron chi connectivity index (χ4n) is 2.18. The highest BCUT2D eigenvalue weighted by atomic mass is 19.1. The Bertz CT molecular complexity index is 471. The molecule has 1 aromatic carbocycles. The maximum Gasteiger partial charge on any atom is 0.313 e. The third-order valence-electron chi connectivity index (χ3n) is 3.51. The Kier molecular flexibility index (Phi) is 3.26. The summed E-state index contributed by atoms with van der Waals surface area (Å²) >= 11 is 0. The van der Waals surface area contributed by atoms with Gasteiger partial charge in [0, 0.05) is 6.04 Å². The molecule has 0 bridgehead atoms. The van der Waals surface area contributed by atoms with Crippen LogP contribution in [0.1, 0.15) is 24.4 Å². The zero-order chi connectivity index (χ0) is 13.3. The Labute approximate surface area is 105 Å². The lowest BCUT2D eigenvalue weighted by atomic mass is 9.90. The topological polar surface area (TPSA) is 61.5 Å². The number of methoxy groups -OCH3 is 2. The second kappa shape index (κ2) is 4.57. The largest absolute Gasteiger partial charge is 0.494 e. The minimum absolute atomic E-state index is 0.161. The summed E-state index contributed by atoms with van der Waals surface area (Å²) in [7, 11) is 2.73. The van der Waals surface area contributed by atoms with Gasteiger partial charge in [0.15, 0.2) is 11.6 Å². The molecule has 98 valence electrons. The number of hydrogen-bond donors (Lipinski definition) is 1. The van der Waals surface area contributed by atoms with E-state index in [1.165, 1.54) is 26.4 Å². The summed E-state index contributed by atoms with van der Waals surface area (Å²) in [4.78, 5) is 11.7. The quantitative estimate of drug-likeness (QED) is 0.831. The fourth-order valence-corrected chi connectivity index (χ4v) is 2.18. The summed E-state index contributed by atoms with van der Waals surface area (Å²) in [6, 6.07) is 3.95. The molecular weight excluding hydrogens is 237 g/mol. The minimum Gasteiger partial charge on any atom is -0.494 e. The molecule has 2 N–H and O–H groups in total. The van der Waals surface area contributed by atoms with Gasteiger partial charge < -0.3 is 15.2 Å². The zero-order valence-electron chi connectivity index (χ0n) is 10.4. The highest BCUT2D eigenvalue weighted by molar-refractivity contribution is 5.81. The number of carbonyl (C=O) groups excluding carboxylic acids is 1. The van der Waals surface area contributed by atoms with Gasteiger partial charge in [0.1, 0.15) is 0 Å². The lowest BCUT2D eigenvalue weighted by Crippen LogP contribution is -2.31. The summed E-state index contributed by atoms with van der Waals surface area (Å²) in [5.74, 6) is -0.647. The Morgan fingerprint density at radius 3 is 2.56 bits per heavy atom. The Morgan fingerprint density at radius 2 is 2.11 bits per heavy atom. The number of benzene rings is 1. The molecule has 0 aliphatic heterocycles. The minimum atomic E-state index is -0.685. The highest BCUT2D eigenvalue weighted by Crippen LogP contribution is 2.54. The van der Waals surface area contributed by atoms with Crippen molar-refractivity contribution in [3.63, 3.8) is 0 Å². The molecule has 0 amide bonds. The summed E-state index contributed by atoms with van der Waals surface area (Å²) in [6.07, 6.45) is 1.35. The highest BCUT2D eigenvalue weighted by Gasteiger charge is 2.56. The molecule has 5 heteroatoms. The van der Waals surface area contributed by atoms with Crippen molar-refractivity contribution in [2.24, 2.45) is 11.1 Å². The van der Waals surface area contributed by atoms with Crippen LogP contribution in [0.4, 0.5) is 4.39 Å². The van der Waals surface area contributed by atoms with Gasteiger partial charge in [0.2, 0.25) is 0 Å². The normalized spacial score (nSPS) is 18.0. The van der Waals surface area contributed by atoms with E-state index in [0.29, 0.717) is 18.4 Å². The van der Waals surface area contributed by atoms with Crippen LogP contribution < -0.4 is 10.5 Å². The number of esters is 1. The lowest BCUT2D eigenvalue weighted by molar-refractivity contribution is -0.148. The first-order valence-corrected chi connectivity index (χ1v) is 5.72. The molecule has 0 aromatic heterocycles. The van der Waals surface area contributed by atoms with Crippen LogP contribution >= 0.6 is 0 Å². The van der Waals surface area contributed by atoms with Crippen LogP contribution in [0.15, 0.2) is 18.2 Å². The van der Waals surface area contributed by atoms with Crippen molar-refractivity contribution in [1.82, 2.24) is 0 Å². The van der Waals surface area contributed by atoms with Gasteiger partial charge >= 0.3 is 5.97 Å². The Balaban J connectivity index is 2.27. The van der Waals surface area contributed by atoms with Gasteiger partial charge in [0.05, 0.1) is 19.6 Å². The number of rotatable bonds is 4. The van der Waals surface area contributed by atoms with Gasteiger partial charge in [-0.05, 0) is 30.5 Å². The van der Waals surface area contributed by atoms with E-state index in [9.17, 15) is 9.18 Å². The maximum absolute atomic E-state index is 13.6. The Hall–Kier alpha value is -1.62. The summed E-state index contributed by atoms with van der Waals surface area (Å²) in [5, 5.41) is 0. The molecule has 1 unspecified atom stereocenters. The Morgan fingerprint density at radius 1 is 1.44 bits per heavy atom. The van der Waals surface area contributed by atoms with Crippen molar-refractivity contribution in [3.8, 4) is 5.75 Å². The predicted octanol–water partition coefficient (Wildman–Crippen LogP) is 1.79. The van der Waals surface area contributed by atoms with Crippen molar-refractivity contribution < 1.29 is 18.7 Å². The molecule has 0 radical (unpaired) electrons. The van der Waals surface area contributed by atoms with E-state index in [2.05, 4.69) is 0 Å². The van der Waals surface area contributed by atoms with E-state index >= 15 is 0 Å². The second-order valence-electron chi connectivity index (χ2n) is 4.52. The summed E-state index contributed by atoms with van der Waals surface area (Å²) in [6.45, 7) is 0. The monoisotopic (exact) mass is 253 g/mol. The predicted molar refractivity (Wildman–Crippen MR) is 63.6 cm³/mol. The van der Waals surface area contributed by atoms with Gasteiger partial charge in [0.25, 0.3) is 0 Å². The van der Waals surface area contributed by atoms with Gasteiger partial charge in [-0.2, -0.15) is 0 Å². The van der Waals surface area contributed by atoms with Crippen LogP contribution in [0.2, 0.25) is 0 Å². The van der Waals surface area contributed by atoms with E-state index in [1.54, 1.807) is 6.07 Å². The first-order chi connectivity index (χ1) is 8.55. The second-order valence-corrected chi connectivity index (χ2v) is 4.52. The first kappa shape index (κ1) is 12.8. The molecular formula is C13H16FNO3. The third kappa shape index (κ3) is 1.95. The van der Waals surface area contributed by atoms with E-state index in [4.69, 9.17) is 15.2 Å². The summed E-state index contributed by atoms with van der Waals surface area (Å²) in [5.41, 5.74) is 5.96. The van der Waals surface area contributed by atoms with Crippen LogP contribution in [0, 0.1) is 11.2 Å². The van der Waals surface area contributed by atoms with Crippen LogP contribution in [0.25, 0.3) is 0 Å². The maximum atomic E-state index is 13.6. The average Bonchev–Trinajstić information content (AvgIpc) is 3.18. The molecule has 18 heavy (non-hydrogen) atoms. The molecule has 1 aliphatic carbocycles. The van der Waals surface area contributed by atoms with E-state index in [0.717, 1.165) is 0 Å². The molecule has 4 nitrogen and oxygen atoms in total. The third-order valence-corrected chi connectivity index (χ3v) is 3.51. The molecule has 0 heterocycles. The number of hydrogen-bond acceptors (Lipinski definition) is 4. The van der Waals surface area contributed by atoms with Crippen molar-refractivity contribution >= 4 is 5.97 Å². The standard InChI is InChI=1S/C13H16FNO3/c1-17-10-4-3-8(7-9(10)14)11(15)13(5-6-13)12(16)18-2/h3-4,7,11H,5-6,15H2,1-2H3. The SMILES string of the molecule is COC(=O)C1(C(N)c2ccc(OC)c(F)c2)CC1. The van der Waals surface area contributed by atoms with Gasteiger partial charge in [-0.25, -0.2) is 4.39 Å². The zero-order valence-corrected chi connectivity index (χ0v) is 10.4. The van der Waals surface area contributed by atoms with Crippen molar-refractivity contribution in [3.05, 3.63) is 29.6 Å². The van der Waals surface area contributed by atoms with Crippen LogP contribution in [0.3, 0.4) is 0 Å². The lowest BCUT2D eigenvalue weighted by Gasteiger charge is -2.21. The van der Waals surface area contributed by atoms with Crippen molar-refractivity contribution in [2.45, 2.75) is 18.9 Å². The fraction of sp³-hybridized carbons (Fsp3) is 0.462. The molecule has 1 atom stereocenters. The number of ether oxygens (including phenoxy) is 2. The van der Waals surface area contributed by atoms with Crippen LogP contribution in [-0.2, 0) is 9.53 Å². The van der Waals surface area contributed by atoms with Crippen molar-refractivity contribution in [1.29, 1.82) is 0 Å². The first-order valence-electron chi connectivity index (χ1n) is 5.72. The molecule has 0 spiro atoms. The smallest absolute Gasteiger partial charge is 0.313 e. The van der Waals surface area contributed by atoms with Gasteiger partial charge in [-0.3, -0.25) is 4.79 Å². The number of carbonyl (C=O) groups is 1. The molecule has 2 rings (SSSR count). The molecule has 1 aliphatic rings. The van der Waals surface area contributed by atoms with E-state index in [1.807, 2.05) is 0 Å². The molecule has 1 aromatic rings. The average molecular weight is 253 g/mol. The van der Waals surface area contributed by atoms with Gasteiger partial charge in [-0.1, -0.05) is 6.07 Å². The number of nitrogens with two attached hydrogens (primary N) is 1. The molecule has 1 saturated carbocycles. The van der Waals surface area contributed by atoms with E-state index in [-0.39, 0.29) is 11.7 Å². The van der Waals surface area contributed by atoms with Crippen molar-refractivity contribution in [2.75, 3.05) is 14.2 Å². The van der Waals surface area contributed by atoms with Crippen LogP contribution in [0.5, 0.6) is 5.75 Å². The summed E-state index contributed by atoms with van der Waals surface area (Å²) < 4.78 is 23.2. The molecule has 1 fully saturated rings. The van der Waals surface area contributed by atoms with Crippen LogP contribution in [-0.4, -0.2) is 20.2 Å². The molecule has 0 saturated heterocycles. The van der Waals surface area contributed by atoms with E-state index < -0.39 is 17.3 Å². The number of halogens is 1.